The summed E-state index contributed by atoms with van der Waals surface area (Å²) in [6.45, 7) is 3.51. The molecule has 0 spiro atoms. The molecule has 0 aromatic heterocycles. The lowest BCUT2D eigenvalue weighted by atomic mass is 10.1. The molecule has 1 aromatic rings. The van der Waals surface area contributed by atoms with Crippen molar-refractivity contribution < 1.29 is 31.6 Å². The maximum atomic E-state index is 13.1. The van der Waals surface area contributed by atoms with Crippen LogP contribution in [0.15, 0.2) is 29.2 Å². The highest BCUT2D eigenvalue weighted by Gasteiger charge is 2.47. The van der Waals surface area contributed by atoms with Crippen LogP contribution in [0.1, 0.15) is 12.8 Å². The van der Waals surface area contributed by atoms with Gasteiger partial charge in [-0.2, -0.15) is 8.61 Å². The highest BCUT2D eigenvalue weighted by molar-refractivity contribution is 7.89. The highest BCUT2D eigenvalue weighted by Crippen LogP contribution is 2.30. The summed E-state index contributed by atoms with van der Waals surface area (Å²) >= 11 is 0. The number of rotatable bonds is 8. The van der Waals surface area contributed by atoms with Gasteiger partial charge in [-0.1, -0.05) is 6.92 Å². The summed E-state index contributed by atoms with van der Waals surface area (Å²) in [6.07, 6.45) is 1.21. The number of sulfonamides is 2. The van der Waals surface area contributed by atoms with Crippen LogP contribution in [-0.2, 0) is 24.8 Å². The summed E-state index contributed by atoms with van der Waals surface area (Å²) in [7, 11) is -6.33. The molecule has 2 rings (SSSR count). The minimum atomic E-state index is -4.13. The number of hydrogen-bond donors (Lipinski definition) is 2. The highest BCUT2D eigenvalue weighted by atomic mass is 32.2. The summed E-state index contributed by atoms with van der Waals surface area (Å²) < 4.78 is 57.5. The number of nitrogens with one attached hydrogen (secondary N) is 1. The van der Waals surface area contributed by atoms with E-state index in [2.05, 4.69) is 6.92 Å². The van der Waals surface area contributed by atoms with Crippen molar-refractivity contribution in [1.82, 2.24) is 14.1 Å². The average Bonchev–Trinajstić information content (AvgIpc) is 3.10. The number of ether oxygens (including phenoxy) is 1. The molecule has 0 aliphatic carbocycles. The summed E-state index contributed by atoms with van der Waals surface area (Å²) in [4.78, 5) is 12.0. The third-order valence-corrected chi connectivity index (χ3v) is 7.75. The lowest BCUT2D eigenvalue weighted by Crippen LogP contribution is -2.45. The number of methoxy groups -OCH3 is 1. The zero-order valence-electron chi connectivity index (χ0n) is 15.6. The van der Waals surface area contributed by atoms with E-state index in [1.807, 2.05) is 0 Å². The number of benzene rings is 1. The number of nitrogens with zero attached hydrogens (tertiary/aromatic N) is 2. The number of hydroxylamine groups is 1. The lowest BCUT2D eigenvalue weighted by molar-refractivity contribution is -0.132. The van der Waals surface area contributed by atoms with Crippen LogP contribution in [0.4, 0.5) is 0 Å². The van der Waals surface area contributed by atoms with E-state index in [1.165, 1.54) is 36.9 Å². The fraction of sp³-hybridized carbons (Fsp3) is 0.500. The number of carbonyl (C=O) groups excluding carboxylic acids is 1. The maximum Gasteiger partial charge on any atom is 0.261 e. The second-order valence-electron chi connectivity index (χ2n) is 6.36. The van der Waals surface area contributed by atoms with Crippen molar-refractivity contribution in [2.75, 3.05) is 26.5 Å². The molecule has 1 saturated heterocycles. The Hall–Kier alpha value is -1.73. The van der Waals surface area contributed by atoms with E-state index in [4.69, 9.17) is 9.94 Å². The molecule has 0 saturated carbocycles. The van der Waals surface area contributed by atoms with Gasteiger partial charge in [0.15, 0.2) is 0 Å². The molecule has 2 N–H and O–H groups in total. The third-order valence-electron chi connectivity index (χ3n) is 4.52. The van der Waals surface area contributed by atoms with Crippen LogP contribution in [0.2, 0.25) is 0 Å². The average molecular weight is 435 g/mol. The first-order valence-corrected chi connectivity index (χ1v) is 11.7. The third kappa shape index (κ3) is 4.63. The molecule has 12 heteroatoms. The lowest BCUT2D eigenvalue weighted by Gasteiger charge is -2.26. The minimum absolute atomic E-state index is 0.0762. The normalized spacial score (nSPS) is 21.0. The molecule has 0 bridgehead atoms. The Kier molecular flexibility index (Phi) is 7.04. The van der Waals surface area contributed by atoms with Crippen molar-refractivity contribution in [3.8, 4) is 5.75 Å². The van der Waals surface area contributed by atoms with Crippen molar-refractivity contribution in [2.45, 2.75) is 29.8 Å². The standard InChI is InChI=1S/C16H24N3O7S2/c1-4-9-18(27(3,22)23)12-10-15(16(20)17-21)19(11-12)28(24,25)14-7-5-13(26-2)6-8-14/h5-8,12,15,21H,1,4,9-11H2,2-3H3,(H,17,20)/t12-,15+/m0/s1. The molecule has 1 aliphatic rings. The van der Waals surface area contributed by atoms with Crippen LogP contribution in [0.25, 0.3) is 0 Å². The van der Waals surface area contributed by atoms with Gasteiger partial charge < -0.3 is 4.74 Å². The van der Waals surface area contributed by atoms with Crippen LogP contribution in [0, 0.1) is 6.92 Å². The van der Waals surface area contributed by atoms with Gasteiger partial charge in [-0.3, -0.25) is 10.0 Å². The second kappa shape index (κ2) is 8.74. The van der Waals surface area contributed by atoms with Gasteiger partial charge in [0.05, 0.1) is 18.3 Å². The zero-order valence-corrected chi connectivity index (χ0v) is 17.2. The van der Waals surface area contributed by atoms with Crippen LogP contribution in [-0.4, -0.2) is 75.1 Å². The molecule has 1 fully saturated rings. The Bertz CT molecular complexity index is 901. The van der Waals surface area contributed by atoms with Crippen LogP contribution in [0.5, 0.6) is 5.75 Å². The topological polar surface area (TPSA) is 133 Å². The van der Waals surface area contributed by atoms with Crippen LogP contribution >= 0.6 is 0 Å². The first-order chi connectivity index (χ1) is 13.1. The van der Waals surface area contributed by atoms with Gasteiger partial charge in [0.1, 0.15) is 11.8 Å². The summed E-state index contributed by atoms with van der Waals surface area (Å²) in [5.41, 5.74) is 1.46. The molecule has 1 aromatic carbocycles. The summed E-state index contributed by atoms with van der Waals surface area (Å²) in [6, 6.07) is 3.59. The van der Waals surface area contributed by atoms with E-state index >= 15 is 0 Å². The number of amides is 1. The Morgan fingerprint density at radius 2 is 1.93 bits per heavy atom. The number of carbonyl (C=O) groups is 1. The molecular formula is C16H24N3O7S2. The second-order valence-corrected chi connectivity index (χ2v) is 10.2. The van der Waals surface area contributed by atoms with E-state index in [1.54, 1.807) is 0 Å². The maximum absolute atomic E-state index is 13.1. The smallest absolute Gasteiger partial charge is 0.261 e. The Labute approximate surface area is 165 Å². The van der Waals surface area contributed by atoms with E-state index in [0.717, 1.165) is 14.9 Å². The zero-order chi connectivity index (χ0) is 21.1. The predicted octanol–water partition coefficient (Wildman–Crippen LogP) is -0.182. The quantitative estimate of drug-likeness (QED) is 0.428. The minimum Gasteiger partial charge on any atom is -0.497 e. The van der Waals surface area contributed by atoms with E-state index in [-0.39, 0.29) is 30.8 Å². The summed E-state index contributed by atoms with van der Waals surface area (Å²) in [5, 5.41) is 9.03. The van der Waals surface area contributed by atoms with Crippen molar-refractivity contribution in [3.63, 3.8) is 0 Å². The van der Waals surface area contributed by atoms with Crippen LogP contribution in [0.3, 0.4) is 0 Å². The fourth-order valence-corrected chi connectivity index (χ4v) is 6.02. The molecule has 2 atom stereocenters. The molecule has 1 radical (unpaired) electrons. The van der Waals surface area contributed by atoms with Gasteiger partial charge in [0.25, 0.3) is 5.91 Å². The van der Waals surface area contributed by atoms with Gasteiger partial charge in [-0.05, 0) is 37.1 Å². The van der Waals surface area contributed by atoms with E-state index in [9.17, 15) is 21.6 Å². The molecule has 157 valence electrons. The Morgan fingerprint density at radius 1 is 1.32 bits per heavy atom. The van der Waals surface area contributed by atoms with Gasteiger partial charge in [0, 0.05) is 19.1 Å². The SMILES string of the molecule is [CH2]CCN([C@H]1C[C@H](C(=O)NO)N(S(=O)(=O)c2ccc(OC)cc2)C1)S(C)(=O)=O. The van der Waals surface area contributed by atoms with Crippen molar-refractivity contribution in [3.05, 3.63) is 31.2 Å². The Morgan fingerprint density at radius 3 is 2.39 bits per heavy atom. The molecule has 0 unspecified atom stereocenters. The molecule has 28 heavy (non-hydrogen) atoms. The molecule has 1 amide bonds. The summed E-state index contributed by atoms with van der Waals surface area (Å²) in [5.74, 6) is -0.468. The van der Waals surface area contributed by atoms with Gasteiger partial charge in [0.2, 0.25) is 20.0 Å². The van der Waals surface area contributed by atoms with Gasteiger partial charge >= 0.3 is 0 Å². The first kappa shape index (κ1) is 22.6. The van der Waals surface area contributed by atoms with Gasteiger partial charge in [-0.15, -0.1) is 0 Å². The number of hydrogen-bond acceptors (Lipinski definition) is 7. The van der Waals surface area contributed by atoms with Crippen molar-refractivity contribution >= 4 is 26.0 Å². The van der Waals surface area contributed by atoms with E-state index in [0.29, 0.717) is 5.75 Å². The molecule has 1 heterocycles. The first-order valence-electron chi connectivity index (χ1n) is 8.42. The predicted molar refractivity (Wildman–Crippen MR) is 101 cm³/mol. The molecular weight excluding hydrogens is 410 g/mol. The van der Waals surface area contributed by atoms with Crippen LogP contribution < -0.4 is 10.2 Å². The van der Waals surface area contributed by atoms with Crippen molar-refractivity contribution in [2.24, 2.45) is 0 Å². The monoisotopic (exact) mass is 434 g/mol. The fourth-order valence-electron chi connectivity index (χ4n) is 3.23. The molecule has 1 aliphatic heterocycles. The Balaban J connectivity index is 2.42. The largest absolute Gasteiger partial charge is 0.497 e. The van der Waals surface area contributed by atoms with Crippen molar-refractivity contribution in [1.29, 1.82) is 0 Å². The van der Waals surface area contributed by atoms with Gasteiger partial charge in [-0.25, -0.2) is 22.3 Å². The molecule has 10 nitrogen and oxygen atoms in total. The van der Waals surface area contributed by atoms with E-state index < -0.39 is 38.0 Å².